The number of carbonyl (C=O) groups is 2. The summed E-state index contributed by atoms with van der Waals surface area (Å²) in [6.45, 7) is 1.89. The molecule has 1 aliphatic carbocycles. The maximum atomic E-state index is 14.8. The molecule has 2 aromatic carbocycles. The van der Waals surface area contributed by atoms with Gasteiger partial charge in [0.25, 0.3) is 0 Å². The van der Waals surface area contributed by atoms with Crippen LogP contribution in [0.3, 0.4) is 0 Å². The second-order valence-electron chi connectivity index (χ2n) is 10.3. The number of nitrogens with two attached hydrogens (primary N) is 2. The van der Waals surface area contributed by atoms with E-state index >= 15 is 0 Å². The van der Waals surface area contributed by atoms with Gasteiger partial charge in [0.2, 0.25) is 0 Å². The number of nitrogen functional groups attached to an aromatic ring is 2. The highest BCUT2D eigenvalue weighted by molar-refractivity contribution is 5.91. The summed E-state index contributed by atoms with van der Waals surface area (Å²) in [5, 5.41) is 0. The minimum atomic E-state index is -3.22. The molecule has 1 aliphatic rings. The van der Waals surface area contributed by atoms with Crippen LogP contribution in [-0.4, -0.2) is 31.3 Å². The Labute approximate surface area is 234 Å². The first-order chi connectivity index (χ1) is 19.2. The highest BCUT2D eigenvalue weighted by Gasteiger charge is 2.43. The van der Waals surface area contributed by atoms with Crippen LogP contribution in [0.5, 0.6) is 5.75 Å². The Balaban J connectivity index is 1.37. The Morgan fingerprint density at radius 3 is 2.23 bits per heavy atom. The van der Waals surface area contributed by atoms with E-state index in [1.807, 2.05) is 0 Å². The zero-order chi connectivity index (χ0) is 29.0. The van der Waals surface area contributed by atoms with Gasteiger partial charge in [0.15, 0.2) is 0 Å². The van der Waals surface area contributed by atoms with E-state index in [1.54, 1.807) is 12.1 Å². The second-order valence-corrected chi connectivity index (χ2v) is 10.3. The molecule has 9 heteroatoms. The quantitative estimate of drug-likeness (QED) is 0.111. The molecule has 4 N–H and O–H groups in total. The standard InChI is InChI=1S/C31H40F2N2O5/c1-2-3-4-5-6-22-7-12-25(13-8-22)31(32,33)40-28-14-9-23(10-15-28)11-16-29(36)38-17-18-39-30(37)24-19-26(34)21-27(35)20-24/h9-11,14-16,19-22,25H,2-8,12-13,17-18,34-35H2,1H3. The van der Waals surface area contributed by atoms with Gasteiger partial charge in [-0.15, -0.1) is 0 Å². The second kappa shape index (κ2) is 15.2. The smallest absolute Gasteiger partial charge is 0.400 e. The van der Waals surface area contributed by atoms with Crippen LogP contribution < -0.4 is 16.2 Å². The van der Waals surface area contributed by atoms with Crippen molar-refractivity contribution in [3.05, 3.63) is 59.7 Å². The van der Waals surface area contributed by atoms with E-state index in [9.17, 15) is 18.4 Å². The minimum Gasteiger partial charge on any atom is -0.459 e. The maximum Gasteiger partial charge on any atom is 0.400 e. The number of anilines is 2. The number of rotatable bonds is 14. The van der Waals surface area contributed by atoms with Gasteiger partial charge in [0.05, 0.1) is 11.5 Å². The molecule has 1 fully saturated rings. The van der Waals surface area contributed by atoms with Crippen LogP contribution in [0.4, 0.5) is 20.2 Å². The van der Waals surface area contributed by atoms with Crippen molar-refractivity contribution >= 4 is 29.4 Å². The molecule has 0 aromatic heterocycles. The van der Waals surface area contributed by atoms with Crippen LogP contribution in [0.2, 0.25) is 0 Å². The van der Waals surface area contributed by atoms with Crippen molar-refractivity contribution in [3.8, 4) is 5.75 Å². The number of halogens is 2. The van der Waals surface area contributed by atoms with Crippen molar-refractivity contribution in [2.75, 3.05) is 24.7 Å². The molecule has 0 radical (unpaired) electrons. The summed E-state index contributed by atoms with van der Waals surface area (Å²) in [7, 11) is 0. The van der Waals surface area contributed by atoms with Gasteiger partial charge in [-0.2, -0.15) is 8.78 Å². The topological polar surface area (TPSA) is 114 Å². The van der Waals surface area contributed by atoms with Gasteiger partial charge < -0.3 is 25.7 Å². The van der Waals surface area contributed by atoms with Crippen LogP contribution >= 0.6 is 0 Å². The van der Waals surface area contributed by atoms with Crippen molar-refractivity contribution in [1.29, 1.82) is 0 Å². The number of ether oxygens (including phenoxy) is 3. The van der Waals surface area contributed by atoms with Gasteiger partial charge in [-0.1, -0.05) is 51.2 Å². The molecule has 40 heavy (non-hydrogen) atoms. The molecule has 0 amide bonds. The third-order valence-corrected chi connectivity index (χ3v) is 7.11. The van der Waals surface area contributed by atoms with Crippen LogP contribution in [0.1, 0.15) is 80.6 Å². The van der Waals surface area contributed by atoms with Crippen molar-refractivity contribution in [2.45, 2.75) is 70.8 Å². The average molecular weight is 559 g/mol. The molecule has 3 rings (SSSR count). The normalized spacial score (nSPS) is 17.5. The maximum absolute atomic E-state index is 14.8. The van der Waals surface area contributed by atoms with Crippen molar-refractivity contribution in [3.63, 3.8) is 0 Å². The van der Waals surface area contributed by atoms with Crippen LogP contribution in [0.25, 0.3) is 6.08 Å². The summed E-state index contributed by atoms with van der Waals surface area (Å²) < 4.78 is 44.8. The Morgan fingerprint density at radius 1 is 0.925 bits per heavy atom. The first-order valence-electron chi connectivity index (χ1n) is 14.0. The zero-order valence-electron chi connectivity index (χ0n) is 23.1. The molecular weight excluding hydrogens is 518 g/mol. The molecule has 1 saturated carbocycles. The van der Waals surface area contributed by atoms with Crippen LogP contribution in [-0.2, 0) is 14.3 Å². The van der Waals surface area contributed by atoms with Gasteiger partial charge in [-0.05, 0) is 73.6 Å². The van der Waals surface area contributed by atoms with Crippen molar-refractivity contribution < 1.29 is 32.6 Å². The lowest BCUT2D eigenvalue weighted by Gasteiger charge is -2.33. The number of esters is 2. The zero-order valence-corrected chi connectivity index (χ0v) is 23.1. The SMILES string of the molecule is CCCCCCC1CCC(C(F)(F)Oc2ccc(C=CC(=O)OCCOC(=O)c3cc(N)cc(N)c3)cc2)CC1. The molecular formula is C31H40F2N2O5. The van der Waals surface area contributed by atoms with Crippen molar-refractivity contribution in [1.82, 2.24) is 0 Å². The molecule has 0 atom stereocenters. The summed E-state index contributed by atoms with van der Waals surface area (Å²) in [4.78, 5) is 24.0. The van der Waals surface area contributed by atoms with E-state index in [0.717, 1.165) is 19.3 Å². The van der Waals surface area contributed by atoms with Gasteiger partial charge >= 0.3 is 18.0 Å². The number of hydrogen-bond acceptors (Lipinski definition) is 7. The molecule has 0 bridgehead atoms. The van der Waals surface area contributed by atoms with Crippen LogP contribution in [0.15, 0.2) is 48.5 Å². The van der Waals surface area contributed by atoms with E-state index < -0.39 is 24.0 Å². The monoisotopic (exact) mass is 558 g/mol. The Kier molecular flexibility index (Phi) is 11.8. The summed E-state index contributed by atoms with van der Waals surface area (Å²) in [6.07, 6.45) is 8.06. The fraction of sp³-hybridized carbons (Fsp3) is 0.484. The Morgan fingerprint density at radius 2 is 1.57 bits per heavy atom. The lowest BCUT2D eigenvalue weighted by molar-refractivity contribution is -0.223. The molecule has 0 aliphatic heterocycles. The van der Waals surface area contributed by atoms with E-state index in [1.165, 1.54) is 68.2 Å². The van der Waals surface area contributed by atoms with Gasteiger partial charge in [-0.25, -0.2) is 9.59 Å². The van der Waals surface area contributed by atoms with Gasteiger partial charge in [0.1, 0.15) is 19.0 Å². The highest BCUT2D eigenvalue weighted by atomic mass is 19.3. The third kappa shape index (κ3) is 10.2. The lowest BCUT2D eigenvalue weighted by atomic mass is 9.79. The fourth-order valence-electron chi connectivity index (χ4n) is 4.90. The van der Waals surface area contributed by atoms with Gasteiger partial charge in [-0.3, -0.25) is 0 Å². The molecule has 7 nitrogen and oxygen atoms in total. The minimum absolute atomic E-state index is 0.0789. The predicted octanol–water partition coefficient (Wildman–Crippen LogP) is 7.01. The molecule has 218 valence electrons. The number of benzene rings is 2. The number of hydrogen-bond donors (Lipinski definition) is 2. The first kappa shape index (κ1) is 30.9. The molecule has 0 spiro atoms. The largest absolute Gasteiger partial charge is 0.459 e. The van der Waals surface area contributed by atoms with E-state index in [-0.39, 0.29) is 24.5 Å². The number of carbonyl (C=O) groups excluding carboxylic acids is 2. The third-order valence-electron chi connectivity index (χ3n) is 7.11. The summed E-state index contributed by atoms with van der Waals surface area (Å²) in [6, 6.07) is 10.5. The first-order valence-corrected chi connectivity index (χ1v) is 14.0. The average Bonchev–Trinajstić information content (AvgIpc) is 2.92. The van der Waals surface area contributed by atoms with E-state index in [0.29, 0.717) is 35.7 Å². The van der Waals surface area contributed by atoms with E-state index in [2.05, 4.69) is 6.92 Å². The fourth-order valence-corrected chi connectivity index (χ4v) is 4.90. The summed E-state index contributed by atoms with van der Waals surface area (Å²) in [5.74, 6) is -1.43. The Bertz CT molecular complexity index is 1110. The molecule has 0 unspecified atom stereocenters. The highest BCUT2D eigenvalue weighted by Crippen LogP contribution is 2.41. The summed E-state index contributed by atoms with van der Waals surface area (Å²) >= 11 is 0. The predicted molar refractivity (Wildman–Crippen MR) is 152 cm³/mol. The van der Waals surface area contributed by atoms with Crippen LogP contribution in [0, 0.1) is 11.8 Å². The van der Waals surface area contributed by atoms with Gasteiger partial charge in [0, 0.05) is 17.5 Å². The molecule has 0 heterocycles. The number of alkyl halides is 2. The Hall–Kier alpha value is -3.62. The molecule has 0 saturated heterocycles. The summed E-state index contributed by atoms with van der Waals surface area (Å²) in [5.41, 5.74) is 12.8. The number of unbranched alkanes of at least 4 members (excludes halogenated alkanes) is 3. The lowest BCUT2D eigenvalue weighted by Crippen LogP contribution is -2.37. The van der Waals surface area contributed by atoms with E-state index in [4.69, 9.17) is 25.7 Å². The van der Waals surface area contributed by atoms with Crippen molar-refractivity contribution in [2.24, 2.45) is 11.8 Å². The molecule has 2 aromatic rings.